The summed E-state index contributed by atoms with van der Waals surface area (Å²) in [4.78, 5) is 2.09. The molecule has 1 heterocycles. The first-order chi connectivity index (χ1) is 9.41. The number of methoxy groups -OCH3 is 1. The number of rotatable bonds is 6. The molecule has 0 radical (unpaired) electrons. The van der Waals surface area contributed by atoms with Crippen LogP contribution in [0.3, 0.4) is 0 Å². The van der Waals surface area contributed by atoms with E-state index in [4.69, 9.17) is 9.47 Å². The van der Waals surface area contributed by atoms with Gasteiger partial charge in [-0.05, 0) is 26.5 Å². The topological polar surface area (TPSA) is 41.9 Å². The van der Waals surface area contributed by atoms with Crippen molar-refractivity contribution in [3.05, 3.63) is 29.3 Å². The highest BCUT2D eigenvalue weighted by Gasteiger charge is 2.31. The van der Waals surface area contributed by atoms with Gasteiger partial charge in [-0.1, -0.05) is 18.2 Å². The average molecular weight is 279 g/mol. The van der Waals surface area contributed by atoms with E-state index in [-0.39, 0.29) is 5.60 Å². The Balaban J connectivity index is 2.03. The SMILES string of the molecule is COCC(O)CN(C)Cc1cccc2c1OC(C)(C)C2. The maximum atomic E-state index is 9.78. The first-order valence-corrected chi connectivity index (χ1v) is 7.06. The molecule has 0 spiro atoms. The lowest BCUT2D eigenvalue weighted by Crippen LogP contribution is -2.31. The predicted molar refractivity (Wildman–Crippen MR) is 79.1 cm³/mol. The van der Waals surface area contributed by atoms with Crippen molar-refractivity contribution in [1.29, 1.82) is 0 Å². The van der Waals surface area contributed by atoms with E-state index in [1.165, 1.54) is 11.1 Å². The zero-order chi connectivity index (χ0) is 14.8. The second kappa shape index (κ2) is 6.12. The van der Waals surface area contributed by atoms with Crippen LogP contribution in [0.2, 0.25) is 0 Å². The van der Waals surface area contributed by atoms with Gasteiger partial charge in [-0.15, -0.1) is 0 Å². The Hall–Kier alpha value is -1.10. The summed E-state index contributed by atoms with van der Waals surface area (Å²) in [5.41, 5.74) is 2.34. The maximum absolute atomic E-state index is 9.78. The van der Waals surface area contributed by atoms with Crippen molar-refractivity contribution in [1.82, 2.24) is 4.90 Å². The molecule has 0 saturated heterocycles. The van der Waals surface area contributed by atoms with Crippen molar-refractivity contribution in [3.8, 4) is 5.75 Å². The smallest absolute Gasteiger partial charge is 0.127 e. The van der Waals surface area contributed by atoms with Crippen molar-refractivity contribution in [2.75, 3.05) is 27.3 Å². The molecule has 1 atom stereocenters. The van der Waals surface area contributed by atoms with E-state index in [0.29, 0.717) is 13.2 Å². The number of hydrogen-bond acceptors (Lipinski definition) is 4. The summed E-state index contributed by atoms with van der Waals surface area (Å²) in [7, 11) is 3.60. The normalized spacial score (nSPS) is 17.9. The molecule has 0 fully saturated rings. The summed E-state index contributed by atoms with van der Waals surface area (Å²) in [6.45, 7) is 5.94. The van der Waals surface area contributed by atoms with Gasteiger partial charge >= 0.3 is 0 Å². The fraction of sp³-hybridized carbons (Fsp3) is 0.625. The van der Waals surface area contributed by atoms with E-state index in [2.05, 4.69) is 36.9 Å². The molecule has 0 amide bonds. The second-order valence-electron chi connectivity index (χ2n) is 6.25. The average Bonchev–Trinajstić information content (AvgIpc) is 2.64. The Morgan fingerprint density at radius 2 is 2.20 bits per heavy atom. The highest BCUT2D eigenvalue weighted by molar-refractivity contribution is 5.45. The number of nitrogens with zero attached hydrogens (tertiary/aromatic N) is 1. The first-order valence-electron chi connectivity index (χ1n) is 7.06. The minimum absolute atomic E-state index is 0.118. The van der Waals surface area contributed by atoms with Gasteiger partial charge in [-0.2, -0.15) is 0 Å². The van der Waals surface area contributed by atoms with Gasteiger partial charge in [0.1, 0.15) is 11.4 Å². The van der Waals surface area contributed by atoms with Crippen LogP contribution in [0.1, 0.15) is 25.0 Å². The van der Waals surface area contributed by atoms with E-state index in [0.717, 1.165) is 18.7 Å². The van der Waals surface area contributed by atoms with E-state index >= 15 is 0 Å². The van der Waals surface area contributed by atoms with Crippen LogP contribution in [0.4, 0.5) is 0 Å². The minimum Gasteiger partial charge on any atom is -0.487 e. The van der Waals surface area contributed by atoms with E-state index in [1.807, 2.05) is 7.05 Å². The molecule has 1 unspecified atom stereocenters. The number of likely N-dealkylation sites (N-methyl/N-ethyl adjacent to an activating group) is 1. The summed E-state index contributed by atoms with van der Waals surface area (Å²) in [6.07, 6.45) is 0.491. The number of benzene rings is 1. The summed E-state index contributed by atoms with van der Waals surface area (Å²) in [5.74, 6) is 1.02. The molecule has 1 aliphatic heterocycles. The third kappa shape index (κ3) is 3.72. The fourth-order valence-corrected chi connectivity index (χ4v) is 2.76. The van der Waals surface area contributed by atoms with Gasteiger partial charge in [-0.3, -0.25) is 4.90 Å². The number of fused-ring (bicyclic) bond motifs is 1. The molecule has 4 nitrogen and oxygen atoms in total. The van der Waals surface area contributed by atoms with Gasteiger partial charge in [0.15, 0.2) is 0 Å². The zero-order valence-electron chi connectivity index (χ0n) is 12.8. The highest BCUT2D eigenvalue weighted by atomic mass is 16.5. The van der Waals surface area contributed by atoms with E-state index in [1.54, 1.807) is 7.11 Å². The Labute approximate surface area is 121 Å². The Morgan fingerprint density at radius 3 is 2.90 bits per heavy atom. The van der Waals surface area contributed by atoms with Gasteiger partial charge < -0.3 is 14.6 Å². The molecular formula is C16H25NO3. The molecule has 1 aromatic rings. The predicted octanol–water partition coefficient (Wildman–Crippen LogP) is 1.84. The molecule has 0 bridgehead atoms. The second-order valence-corrected chi connectivity index (χ2v) is 6.25. The lowest BCUT2D eigenvalue weighted by atomic mass is 10.0. The number of ether oxygens (including phenoxy) is 2. The van der Waals surface area contributed by atoms with Crippen LogP contribution in [-0.2, 0) is 17.7 Å². The quantitative estimate of drug-likeness (QED) is 0.863. The fourth-order valence-electron chi connectivity index (χ4n) is 2.76. The summed E-state index contributed by atoms with van der Waals surface area (Å²) < 4.78 is 11.0. The number of para-hydroxylation sites is 1. The maximum Gasteiger partial charge on any atom is 0.127 e. The van der Waals surface area contributed by atoms with Crippen molar-refractivity contribution in [3.63, 3.8) is 0 Å². The van der Waals surface area contributed by atoms with E-state index < -0.39 is 6.10 Å². The molecular weight excluding hydrogens is 254 g/mol. The lowest BCUT2D eigenvalue weighted by Gasteiger charge is -2.22. The highest BCUT2D eigenvalue weighted by Crippen LogP contribution is 2.37. The number of hydrogen-bond donors (Lipinski definition) is 1. The number of aliphatic hydroxyl groups excluding tert-OH is 1. The molecule has 20 heavy (non-hydrogen) atoms. The van der Waals surface area contributed by atoms with Crippen LogP contribution in [0.25, 0.3) is 0 Å². The third-order valence-corrected chi connectivity index (χ3v) is 3.49. The van der Waals surface area contributed by atoms with Crippen LogP contribution in [0.15, 0.2) is 18.2 Å². The van der Waals surface area contributed by atoms with Crippen LogP contribution in [0, 0.1) is 0 Å². The summed E-state index contributed by atoms with van der Waals surface area (Å²) >= 11 is 0. The van der Waals surface area contributed by atoms with Crippen LogP contribution in [-0.4, -0.2) is 49.0 Å². The molecule has 1 N–H and O–H groups in total. The third-order valence-electron chi connectivity index (χ3n) is 3.49. The largest absolute Gasteiger partial charge is 0.487 e. The molecule has 1 aliphatic rings. The summed E-state index contributed by atoms with van der Waals surface area (Å²) in [5, 5.41) is 9.78. The lowest BCUT2D eigenvalue weighted by molar-refractivity contribution is 0.0415. The molecule has 0 aliphatic carbocycles. The Morgan fingerprint density at radius 1 is 1.45 bits per heavy atom. The van der Waals surface area contributed by atoms with Gasteiger partial charge in [0.05, 0.1) is 12.7 Å². The molecule has 112 valence electrons. The van der Waals surface area contributed by atoms with Gasteiger partial charge in [0.2, 0.25) is 0 Å². The Bertz CT molecular complexity index is 459. The Kier molecular flexibility index (Phi) is 4.68. The molecule has 2 rings (SSSR count). The zero-order valence-corrected chi connectivity index (χ0v) is 12.8. The monoisotopic (exact) mass is 279 g/mol. The number of aliphatic hydroxyl groups is 1. The molecule has 4 heteroatoms. The first kappa shape index (κ1) is 15.3. The van der Waals surface area contributed by atoms with Crippen LogP contribution in [0.5, 0.6) is 5.75 Å². The van der Waals surface area contributed by atoms with Gasteiger partial charge in [-0.25, -0.2) is 0 Å². The van der Waals surface area contributed by atoms with E-state index in [9.17, 15) is 5.11 Å². The van der Waals surface area contributed by atoms with Crippen LogP contribution >= 0.6 is 0 Å². The van der Waals surface area contributed by atoms with Gasteiger partial charge in [0.25, 0.3) is 0 Å². The van der Waals surface area contributed by atoms with Crippen molar-refractivity contribution in [2.45, 2.75) is 38.5 Å². The van der Waals surface area contributed by atoms with Crippen molar-refractivity contribution < 1.29 is 14.6 Å². The standard InChI is InChI=1S/C16H25NO3/c1-16(2)8-12-6-5-7-13(15(12)20-16)9-17(3)10-14(18)11-19-4/h5-7,14,18H,8-11H2,1-4H3. The van der Waals surface area contributed by atoms with Crippen molar-refractivity contribution >= 4 is 0 Å². The van der Waals surface area contributed by atoms with Crippen molar-refractivity contribution in [2.24, 2.45) is 0 Å². The minimum atomic E-state index is -0.459. The summed E-state index contributed by atoms with van der Waals surface area (Å²) in [6, 6.07) is 6.31. The molecule has 0 saturated carbocycles. The van der Waals surface area contributed by atoms with Crippen LogP contribution < -0.4 is 4.74 Å². The molecule has 0 aromatic heterocycles. The molecule has 1 aromatic carbocycles. The van der Waals surface area contributed by atoms with Gasteiger partial charge in [0, 0.05) is 32.2 Å².